The summed E-state index contributed by atoms with van der Waals surface area (Å²) in [6.07, 6.45) is 0. The summed E-state index contributed by atoms with van der Waals surface area (Å²) in [5.74, 6) is 5.08. The Labute approximate surface area is 75.8 Å². The van der Waals surface area contributed by atoms with Gasteiger partial charge in [0, 0.05) is 12.6 Å². The third-order valence-electron chi connectivity index (χ3n) is 1.39. The molecule has 0 aromatic heterocycles. The first-order valence-corrected chi connectivity index (χ1v) is 3.80. The van der Waals surface area contributed by atoms with Crippen molar-refractivity contribution in [2.45, 2.75) is 0 Å². The maximum Gasteiger partial charge on any atom is 0.123 e. The molecule has 2 N–H and O–H groups in total. The van der Waals surface area contributed by atoms with Gasteiger partial charge in [0.05, 0.1) is 0 Å². The number of rotatable bonds is 1. The fourth-order valence-electron chi connectivity index (χ4n) is 0.825. The summed E-state index contributed by atoms with van der Waals surface area (Å²) in [6.45, 7) is 0. The maximum atomic E-state index is 12.7. The Hall–Kier alpha value is -1.00. The molecule has 12 heavy (non-hydrogen) atoms. The van der Waals surface area contributed by atoms with Crippen LogP contribution in [0, 0.1) is 5.82 Å². The molecule has 64 valence electrons. The minimum absolute atomic E-state index is 0.309. The predicted octanol–water partition coefficient (Wildman–Crippen LogP) is 1.31. The van der Waals surface area contributed by atoms with Gasteiger partial charge in [0.1, 0.15) is 10.8 Å². The van der Waals surface area contributed by atoms with Crippen LogP contribution in [0.2, 0.25) is 0 Å². The molecule has 0 bridgehead atoms. The highest BCUT2D eigenvalue weighted by atomic mass is 32.1. The van der Waals surface area contributed by atoms with Crippen LogP contribution >= 0.6 is 12.2 Å². The Morgan fingerprint density at radius 2 is 2.25 bits per heavy atom. The molecule has 0 aliphatic rings. The summed E-state index contributed by atoms with van der Waals surface area (Å²) in [6, 6.07) is 6.03. The van der Waals surface area contributed by atoms with E-state index in [0.29, 0.717) is 10.6 Å². The second kappa shape index (κ2) is 3.60. The summed E-state index contributed by atoms with van der Waals surface area (Å²) in [7, 11) is 1.62. The normalized spacial score (nSPS) is 9.58. The van der Waals surface area contributed by atoms with Crippen molar-refractivity contribution >= 4 is 17.2 Å². The van der Waals surface area contributed by atoms with E-state index in [-0.39, 0.29) is 5.82 Å². The molecule has 4 heteroatoms. The third kappa shape index (κ3) is 1.99. The smallest absolute Gasteiger partial charge is 0.123 e. The average molecular weight is 184 g/mol. The maximum absolute atomic E-state index is 12.7. The van der Waals surface area contributed by atoms with E-state index in [1.54, 1.807) is 19.2 Å². The number of nitrogens with two attached hydrogens (primary N) is 1. The van der Waals surface area contributed by atoms with E-state index in [4.69, 9.17) is 18.1 Å². The predicted molar refractivity (Wildman–Crippen MR) is 50.1 cm³/mol. The van der Waals surface area contributed by atoms with Crippen molar-refractivity contribution in [3.63, 3.8) is 0 Å². The van der Waals surface area contributed by atoms with Crippen LogP contribution in [0.1, 0.15) is 5.56 Å². The Kier molecular flexibility index (Phi) is 2.73. The highest BCUT2D eigenvalue weighted by molar-refractivity contribution is 7.80. The zero-order chi connectivity index (χ0) is 9.14. The van der Waals surface area contributed by atoms with Gasteiger partial charge in [0.2, 0.25) is 0 Å². The molecule has 0 aliphatic carbocycles. The molecule has 0 saturated carbocycles. The molecular weight excluding hydrogens is 175 g/mol. The Morgan fingerprint density at radius 3 is 2.75 bits per heavy atom. The number of halogens is 1. The molecule has 0 atom stereocenters. The van der Waals surface area contributed by atoms with Gasteiger partial charge in [-0.25, -0.2) is 10.2 Å². The first kappa shape index (κ1) is 9.09. The second-order valence-corrected chi connectivity index (χ2v) is 2.81. The van der Waals surface area contributed by atoms with Crippen molar-refractivity contribution in [3.05, 3.63) is 35.6 Å². The molecular formula is C8H9FN2S. The van der Waals surface area contributed by atoms with Crippen LogP contribution < -0.4 is 5.84 Å². The summed E-state index contributed by atoms with van der Waals surface area (Å²) < 4.78 is 12.7. The number of thiocarbonyl (C=S) groups is 1. The van der Waals surface area contributed by atoms with Gasteiger partial charge >= 0.3 is 0 Å². The van der Waals surface area contributed by atoms with E-state index < -0.39 is 0 Å². The lowest BCUT2D eigenvalue weighted by molar-refractivity contribution is 0.549. The average Bonchev–Trinajstić information content (AvgIpc) is 2.03. The largest absolute Gasteiger partial charge is 0.304 e. The monoisotopic (exact) mass is 184 g/mol. The summed E-state index contributed by atoms with van der Waals surface area (Å²) in [5, 5.41) is 1.28. The van der Waals surface area contributed by atoms with Crippen LogP contribution in [0.25, 0.3) is 0 Å². The Bertz CT molecular complexity index is 299. The lowest BCUT2D eigenvalue weighted by Crippen LogP contribution is -2.32. The van der Waals surface area contributed by atoms with Gasteiger partial charge in [-0.1, -0.05) is 24.4 Å². The minimum atomic E-state index is -0.309. The fourth-order valence-corrected chi connectivity index (χ4v) is 0.952. The van der Waals surface area contributed by atoms with Crippen molar-refractivity contribution in [2.24, 2.45) is 5.84 Å². The first-order chi connectivity index (χ1) is 5.61. The summed E-state index contributed by atoms with van der Waals surface area (Å²) >= 11 is 4.94. The number of hydrogen-bond acceptors (Lipinski definition) is 2. The van der Waals surface area contributed by atoms with Crippen LogP contribution in [0.15, 0.2) is 24.3 Å². The molecule has 0 heterocycles. The zero-order valence-electron chi connectivity index (χ0n) is 6.62. The van der Waals surface area contributed by atoms with E-state index in [2.05, 4.69) is 0 Å². The van der Waals surface area contributed by atoms with Gasteiger partial charge in [-0.15, -0.1) is 0 Å². The van der Waals surface area contributed by atoms with Crippen molar-refractivity contribution in [1.82, 2.24) is 5.01 Å². The molecule has 0 radical (unpaired) electrons. The standard InChI is InChI=1S/C8H9FN2S/c1-11(10)8(12)6-3-2-4-7(9)5-6/h2-5H,10H2,1H3. The molecule has 0 spiro atoms. The summed E-state index contributed by atoms with van der Waals surface area (Å²) in [4.78, 5) is 0.425. The van der Waals surface area contributed by atoms with Crippen molar-refractivity contribution < 1.29 is 4.39 Å². The van der Waals surface area contributed by atoms with Gasteiger partial charge in [-0.2, -0.15) is 0 Å². The van der Waals surface area contributed by atoms with E-state index in [1.165, 1.54) is 17.1 Å². The molecule has 0 saturated heterocycles. The van der Waals surface area contributed by atoms with Crippen LogP contribution in [0.4, 0.5) is 4.39 Å². The number of hydrogen-bond donors (Lipinski definition) is 1. The van der Waals surface area contributed by atoms with Crippen LogP contribution in [-0.2, 0) is 0 Å². The molecule has 0 amide bonds. The molecule has 0 unspecified atom stereocenters. The van der Waals surface area contributed by atoms with E-state index in [1.807, 2.05) is 0 Å². The summed E-state index contributed by atoms with van der Waals surface area (Å²) in [5.41, 5.74) is 0.620. The molecule has 1 rings (SSSR count). The number of benzene rings is 1. The van der Waals surface area contributed by atoms with Crippen molar-refractivity contribution in [1.29, 1.82) is 0 Å². The van der Waals surface area contributed by atoms with Crippen molar-refractivity contribution in [2.75, 3.05) is 7.05 Å². The van der Waals surface area contributed by atoms with E-state index in [9.17, 15) is 4.39 Å². The number of nitrogens with zero attached hydrogens (tertiary/aromatic N) is 1. The van der Waals surface area contributed by atoms with Gasteiger partial charge < -0.3 is 5.01 Å². The number of hydrazine groups is 1. The van der Waals surface area contributed by atoms with Gasteiger partial charge in [-0.3, -0.25) is 0 Å². The Morgan fingerprint density at radius 1 is 1.58 bits per heavy atom. The van der Waals surface area contributed by atoms with E-state index >= 15 is 0 Å². The third-order valence-corrected chi connectivity index (χ3v) is 1.92. The topological polar surface area (TPSA) is 29.3 Å². The lowest BCUT2D eigenvalue weighted by Gasteiger charge is -2.12. The minimum Gasteiger partial charge on any atom is -0.304 e. The molecule has 0 aliphatic heterocycles. The molecule has 2 nitrogen and oxygen atoms in total. The van der Waals surface area contributed by atoms with Crippen LogP contribution in [-0.4, -0.2) is 17.0 Å². The van der Waals surface area contributed by atoms with Crippen LogP contribution in [0.5, 0.6) is 0 Å². The zero-order valence-corrected chi connectivity index (χ0v) is 7.44. The van der Waals surface area contributed by atoms with Gasteiger partial charge in [0.15, 0.2) is 0 Å². The Balaban J connectivity index is 2.96. The molecule has 1 aromatic carbocycles. The van der Waals surface area contributed by atoms with Crippen LogP contribution in [0.3, 0.4) is 0 Å². The van der Waals surface area contributed by atoms with Crippen molar-refractivity contribution in [3.8, 4) is 0 Å². The first-order valence-electron chi connectivity index (χ1n) is 3.39. The molecule has 1 aromatic rings. The highest BCUT2D eigenvalue weighted by Gasteiger charge is 2.03. The lowest BCUT2D eigenvalue weighted by atomic mass is 10.2. The SMILES string of the molecule is CN(N)C(=S)c1cccc(F)c1. The van der Waals surface area contributed by atoms with Gasteiger partial charge in [-0.05, 0) is 12.1 Å². The van der Waals surface area contributed by atoms with Gasteiger partial charge in [0.25, 0.3) is 0 Å². The van der Waals surface area contributed by atoms with E-state index in [0.717, 1.165) is 0 Å². The second-order valence-electron chi connectivity index (χ2n) is 2.43. The quantitative estimate of drug-likeness (QED) is 0.405. The fraction of sp³-hybridized carbons (Fsp3) is 0.125. The molecule has 0 fully saturated rings. The highest BCUT2D eigenvalue weighted by Crippen LogP contribution is 2.05.